The first-order valence-corrected chi connectivity index (χ1v) is 14.1. The number of nitrogens with zero attached hydrogens (tertiary/aromatic N) is 4. The molecule has 1 aromatic rings. The number of carbonyl (C=O) groups is 3. The van der Waals surface area contributed by atoms with E-state index in [2.05, 4.69) is 4.90 Å². The summed E-state index contributed by atoms with van der Waals surface area (Å²) in [4.78, 5) is 45.2. The fourth-order valence-electron chi connectivity index (χ4n) is 4.80. The first-order chi connectivity index (χ1) is 18.9. The molecular formula is C29H44F2N4O6. The van der Waals surface area contributed by atoms with E-state index in [1.54, 1.807) is 37.6 Å². The lowest BCUT2D eigenvalue weighted by Crippen LogP contribution is -2.52. The molecule has 0 radical (unpaired) electrons. The van der Waals surface area contributed by atoms with Gasteiger partial charge >= 0.3 is 12.2 Å². The summed E-state index contributed by atoms with van der Waals surface area (Å²) in [7, 11) is 1.71. The largest absolute Gasteiger partial charge is 0.505 e. The van der Waals surface area contributed by atoms with Gasteiger partial charge in [-0.15, -0.1) is 0 Å². The topological polar surface area (TPSA) is 103 Å². The molecule has 1 aliphatic heterocycles. The second-order valence-corrected chi connectivity index (χ2v) is 12.8. The molecule has 3 rings (SSSR count). The second-order valence-electron chi connectivity index (χ2n) is 12.8. The van der Waals surface area contributed by atoms with Crippen LogP contribution in [0, 0.1) is 11.6 Å². The third-order valence-electron chi connectivity index (χ3n) is 6.95. The summed E-state index contributed by atoms with van der Waals surface area (Å²) in [5, 5.41) is 10.1. The Labute approximate surface area is 241 Å². The lowest BCUT2D eigenvalue weighted by atomic mass is 10.1. The highest BCUT2D eigenvalue weighted by molar-refractivity contribution is 5.83. The van der Waals surface area contributed by atoms with E-state index in [1.807, 2.05) is 20.8 Å². The molecule has 0 bridgehead atoms. The summed E-state index contributed by atoms with van der Waals surface area (Å²) in [6.07, 6.45) is 0.0434. The van der Waals surface area contributed by atoms with Crippen LogP contribution >= 0.6 is 0 Å². The normalized spacial score (nSPS) is 19.5. The Morgan fingerprint density at radius 3 is 2.15 bits per heavy atom. The number of phenols is 1. The molecule has 2 aliphatic rings. The van der Waals surface area contributed by atoms with Crippen molar-refractivity contribution in [3.63, 3.8) is 0 Å². The summed E-state index contributed by atoms with van der Waals surface area (Å²) in [5.74, 6) is -3.31. The summed E-state index contributed by atoms with van der Waals surface area (Å²) in [6, 6.07) is 1.12. The average molecular weight is 583 g/mol. The molecule has 41 heavy (non-hydrogen) atoms. The number of rotatable bonds is 8. The Morgan fingerprint density at radius 1 is 0.976 bits per heavy atom. The van der Waals surface area contributed by atoms with Crippen molar-refractivity contribution in [3.8, 4) is 5.75 Å². The number of hydrogen-bond acceptors (Lipinski definition) is 7. The van der Waals surface area contributed by atoms with Crippen LogP contribution in [0.1, 0.15) is 65.9 Å². The summed E-state index contributed by atoms with van der Waals surface area (Å²) >= 11 is 0. The maximum Gasteiger partial charge on any atom is 0.411 e. The molecule has 0 unspecified atom stereocenters. The van der Waals surface area contributed by atoms with Crippen molar-refractivity contribution in [2.24, 2.45) is 0 Å². The Balaban J connectivity index is 1.54. The van der Waals surface area contributed by atoms with E-state index in [-0.39, 0.29) is 24.1 Å². The maximum atomic E-state index is 14.0. The Kier molecular flexibility index (Phi) is 10.1. The third kappa shape index (κ3) is 9.44. The number of ether oxygens (including phenoxy) is 2. The number of benzene rings is 1. The zero-order valence-corrected chi connectivity index (χ0v) is 25.2. The summed E-state index contributed by atoms with van der Waals surface area (Å²) in [6.45, 7) is 13.9. The van der Waals surface area contributed by atoms with Gasteiger partial charge in [0.15, 0.2) is 11.6 Å². The van der Waals surface area contributed by atoms with Gasteiger partial charge in [0.05, 0.1) is 0 Å². The van der Waals surface area contributed by atoms with Crippen molar-refractivity contribution in [1.82, 2.24) is 19.6 Å². The Hall–Kier alpha value is -3.15. The number of piperazine rings is 1. The van der Waals surface area contributed by atoms with Gasteiger partial charge in [-0.1, -0.05) is 0 Å². The van der Waals surface area contributed by atoms with Crippen LogP contribution in [0.5, 0.6) is 5.75 Å². The monoisotopic (exact) mass is 582 g/mol. The van der Waals surface area contributed by atoms with E-state index < -0.39 is 46.6 Å². The molecule has 10 nitrogen and oxygen atoms in total. The Morgan fingerprint density at radius 2 is 1.56 bits per heavy atom. The van der Waals surface area contributed by atoms with E-state index >= 15 is 0 Å². The molecule has 1 saturated carbocycles. The fraction of sp³-hybridized carbons (Fsp3) is 0.690. The van der Waals surface area contributed by atoms with Crippen LogP contribution < -0.4 is 0 Å². The minimum Gasteiger partial charge on any atom is -0.505 e. The van der Waals surface area contributed by atoms with E-state index in [1.165, 1.54) is 4.90 Å². The van der Waals surface area contributed by atoms with Gasteiger partial charge in [0.2, 0.25) is 5.91 Å². The highest BCUT2D eigenvalue weighted by atomic mass is 19.1. The van der Waals surface area contributed by atoms with Crippen LogP contribution in [0.4, 0.5) is 18.4 Å². The first-order valence-electron chi connectivity index (χ1n) is 14.1. The standard InChI is InChI=1S/C29H44F2N4O6/c1-28(2,3)40-26(38)32(7)9-8-10-33-11-13-34(14-12-33)24(36)18-35(27(39)41-29(4,5)6)23-17-20(23)21-15-19(30)16-22(31)25(21)37/h15-16,20,23,37H,8-14,17-18H2,1-7H3/t20-,23+/m0/s1. The quantitative estimate of drug-likeness (QED) is 0.491. The predicted octanol–water partition coefficient (Wildman–Crippen LogP) is 4.16. The van der Waals surface area contributed by atoms with Gasteiger partial charge in [-0.05, 0) is 67.0 Å². The third-order valence-corrected chi connectivity index (χ3v) is 6.95. The zero-order chi connectivity index (χ0) is 30.7. The number of phenolic OH excluding ortho intramolecular Hbond substituents is 1. The molecule has 0 aromatic heterocycles. The number of carbonyl (C=O) groups excluding carboxylic acids is 3. The molecule has 1 aliphatic carbocycles. The van der Waals surface area contributed by atoms with Gasteiger partial charge in [0.25, 0.3) is 0 Å². The lowest BCUT2D eigenvalue weighted by molar-refractivity contribution is -0.134. The molecule has 0 spiro atoms. The van der Waals surface area contributed by atoms with Crippen LogP contribution in [-0.4, -0.2) is 113 Å². The molecule has 1 N–H and O–H groups in total. The molecule has 2 fully saturated rings. The molecule has 2 atom stereocenters. The van der Waals surface area contributed by atoms with Crippen LogP contribution in [0.15, 0.2) is 12.1 Å². The number of amides is 3. The van der Waals surface area contributed by atoms with Crippen molar-refractivity contribution in [1.29, 1.82) is 0 Å². The zero-order valence-electron chi connectivity index (χ0n) is 25.2. The molecule has 230 valence electrons. The highest BCUT2D eigenvalue weighted by Crippen LogP contribution is 2.48. The van der Waals surface area contributed by atoms with Crippen molar-refractivity contribution in [2.75, 3.05) is 52.9 Å². The van der Waals surface area contributed by atoms with Crippen LogP contribution in [-0.2, 0) is 14.3 Å². The average Bonchev–Trinajstić information content (AvgIpc) is 3.63. The number of aromatic hydroxyl groups is 1. The van der Waals surface area contributed by atoms with Gasteiger partial charge in [-0.25, -0.2) is 18.4 Å². The Bertz CT molecular complexity index is 1110. The molecule has 1 aromatic carbocycles. The van der Waals surface area contributed by atoms with E-state index in [9.17, 15) is 28.3 Å². The minimum atomic E-state index is -1.07. The lowest BCUT2D eigenvalue weighted by Gasteiger charge is -2.36. The van der Waals surface area contributed by atoms with E-state index in [0.717, 1.165) is 19.0 Å². The molecule has 3 amide bonds. The van der Waals surface area contributed by atoms with Crippen molar-refractivity contribution in [2.45, 2.75) is 77.5 Å². The van der Waals surface area contributed by atoms with Crippen LogP contribution in [0.3, 0.4) is 0 Å². The van der Waals surface area contributed by atoms with Gasteiger partial charge < -0.3 is 24.4 Å². The van der Waals surface area contributed by atoms with Crippen molar-refractivity contribution >= 4 is 18.1 Å². The van der Waals surface area contributed by atoms with E-state index in [4.69, 9.17) is 9.47 Å². The van der Waals surface area contributed by atoms with Crippen molar-refractivity contribution in [3.05, 3.63) is 29.3 Å². The van der Waals surface area contributed by atoms with Crippen molar-refractivity contribution < 1.29 is 37.7 Å². The minimum absolute atomic E-state index is 0.0689. The van der Waals surface area contributed by atoms with Gasteiger partial charge in [0, 0.05) is 63.4 Å². The highest BCUT2D eigenvalue weighted by Gasteiger charge is 2.48. The number of halogens is 2. The predicted molar refractivity (Wildman–Crippen MR) is 149 cm³/mol. The first kappa shape index (κ1) is 32.4. The van der Waals surface area contributed by atoms with Crippen LogP contribution in [0.25, 0.3) is 0 Å². The van der Waals surface area contributed by atoms with Crippen LogP contribution in [0.2, 0.25) is 0 Å². The van der Waals surface area contributed by atoms with Gasteiger partial charge in [0.1, 0.15) is 23.6 Å². The van der Waals surface area contributed by atoms with E-state index in [0.29, 0.717) is 45.2 Å². The number of hydrogen-bond donors (Lipinski definition) is 1. The molecule has 1 heterocycles. The smallest absolute Gasteiger partial charge is 0.411 e. The van der Waals surface area contributed by atoms with Gasteiger partial charge in [-0.2, -0.15) is 0 Å². The summed E-state index contributed by atoms with van der Waals surface area (Å²) in [5.41, 5.74) is -1.29. The second kappa shape index (κ2) is 12.8. The fourth-order valence-corrected chi connectivity index (χ4v) is 4.80. The maximum absolute atomic E-state index is 14.0. The molecule has 1 saturated heterocycles. The SMILES string of the molecule is CN(CCCN1CCN(C(=O)CN(C(=O)OC(C)(C)C)[C@@H]2C[C@H]2c2cc(F)cc(F)c2O)CC1)C(=O)OC(C)(C)C. The molecule has 12 heteroatoms. The molecular weight excluding hydrogens is 538 g/mol. The van der Waals surface area contributed by atoms with Gasteiger partial charge in [-0.3, -0.25) is 14.6 Å². The summed E-state index contributed by atoms with van der Waals surface area (Å²) < 4.78 is 38.7.